The maximum atomic E-state index is 12.7. The van der Waals surface area contributed by atoms with Crippen molar-refractivity contribution in [2.24, 2.45) is 10.3 Å². The molecule has 0 spiro atoms. The number of amides is 1. The fourth-order valence-electron chi connectivity index (χ4n) is 3.06. The lowest BCUT2D eigenvalue weighted by Gasteiger charge is -2.30. The molecule has 148 valence electrons. The number of carbonyl (C=O) groups is 1. The van der Waals surface area contributed by atoms with E-state index in [1.165, 1.54) is 6.07 Å². The van der Waals surface area contributed by atoms with E-state index in [2.05, 4.69) is 9.71 Å². The Hall–Kier alpha value is -2.38. The first-order valence-corrected chi connectivity index (χ1v) is 10.7. The molecule has 1 amide bonds. The van der Waals surface area contributed by atoms with Crippen LogP contribution in [0.25, 0.3) is 0 Å². The number of hydrogen-bond acceptors (Lipinski definition) is 4. The fourth-order valence-corrected chi connectivity index (χ4v) is 4.50. The zero-order valence-electron chi connectivity index (χ0n) is 16.2. The minimum atomic E-state index is -3.86. The Morgan fingerprint density at radius 1 is 1.21 bits per heavy atom. The highest BCUT2D eigenvalue weighted by Gasteiger charge is 2.30. The van der Waals surface area contributed by atoms with Crippen LogP contribution in [0.15, 0.2) is 45.7 Å². The standard InChI is InChI=1S/C20H22ClN3O3S/c1-12(2)11-24-14(4)23-28(26,27)19-10-15(8-9-18(19)24)20(25)22-17-7-5-6-16(21)13(17)3/h5-10,12H,11H2,1-4H3,(H,22,25). The van der Waals surface area contributed by atoms with Crippen LogP contribution in [-0.4, -0.2) is 26.7 Å². The topological polar surface area (TPSA) is 78.8 Å². The van der Waals surface area contributed by atoms with Gasteiger partial charge in [-0.15, -0.1) is 4.40 Å². The number of carbonyl (C=O) groups excluding carboxylic acids is 1. The van der Waals surface area contributed by atoms with E-state index >= 15 is 0 Å². The Bertz CT molecular complexity index is 1080. The second-order valence-corrected chi connectivity index (χ2v) is 9.15. The Morgan fingerprint density at radius 3 is 2.61 bits per heavy atom. The number of amidine groups is 1. The number of hydrogen-bond donors (Lipinski definition) is 1. The first-order chi connectivity index (χ1) is 13.1. The molecule has 0 radical (unpaired) electrons. The monoisotopic (exact) mass is 419 g/mol. The SMILES string of the molecule is CC1=NS(=O)(=O)c2cc(C(=O)Nc3cccc(Cl)c3C)ccc2N1CC(C)C. The molecule has 1 heterocycles. The lowest BCUT2D eigenvalue weighted by atomic mass is 10.1. The molecule has 2 aromatic carbocycles. The van der Waals surface area contributed by atoms with Crippen molar-refractivity contribution in [1.29, 1.82) is 0 Å². The van der Waals surface area contributed by atoms with Crippen molar-refractivity contribution in [3.63, 3.8) is 0 Å². The van der Waals surface area contributed by atoms with E-state index in [9.17, 15) is 13.2 Å². The highest BCUT2D eigenvalue weighted by Crippen LogP contribution is 2.33. The fraction of sp³-hybridized carbons (Fsp3) is 0.300. The van der Waals surface area contributed by atoms with Crippen LogP contribution in [0.5, 0.6) is 0 Å². The van der Waals surface area contributed by atoms with Crippen molar-refractivity contribution >= 4 is 44.7 Å². The summed E-state index contributed by atoms with van der Waals surface area (Å²) in [5.74, 6) is 0.325. The molecule has 8 heteroatoms. The molecule has 2 aromatic rings. The van der Waals surface area contributed by atoms with Crippen LogP contribution < -0.4 is 10.2 Å². The van der Waals surface area contributed by atoms with E-state index in [0.29, 0.717) is 34.7 Å². The molecule has 0 aliphatic carbocycles. The maximum Gasteiger partial charge on any atom is 0.286 e. The van der Waals surface area contributed by atoms with Gasteiger partial charge in [0.2, 0.25) is 0 Å². The van der Waals surface area contributed by atoms with Crippen molar-refractivity contribution in [3.05, 3.63) is 52.5 Å². The maximum absolute atomic E-state index is 12.7. The Kier molecular flexibility index (Phi) is 5.50. The summed E-state index contributed by atoms with van der Waals surface area (Å²) in [6.45, 7) is 8.20. The van der Waals surface area contributed by atoms with Gasteiger partial charge in [0.15, 0.2) is 0 Å². The number of rotatable bonds is 4. The van der Waals surface area contributed by atoms with Gasteiger partial charge >= 0.3 is 0 Å². The molecule has 1 aliphatic heterocycles. The summed E-state index contributed by atoms with van der Waals surface area (Å²) < 4.78 is 29.0. The smallest absolute Gasteiger partial charge is 0.286 e. The molecule has 0 saturated carbocycles. The van der Waals surface area contributed by atoms with E-state index < -0.39 is 15.9 Å². The molecule has 1 aliphatic rings. The van der Waals surface area contributed by atoms with E-state index in [1.807, 2.05) is 18.7 Å². The van der Waals surface area contributed by atoms with E-state index in [-0.39, 0.29) is 10.5 Å². The largest absolute Gasteiger partial charge is 0.328 e. The first-order valence-electron chi connectivity index (χ1n) is 8.90. The van der Waals surface area contributed by atoms with Crippen molar-refractivity contribution < 1.29 is 13.2 Å². The third-order valence-electron chi connectivity index (χ3n) is 4.50. The highest BCUT2D eigenvalue weighted by molar-refractivity contribution is 7.90. The summed E-state index contributed by atoms with van der Waals surface area (Å²) in [6.07, 6.45) is 0. The quantitative estimate of drug-likeness (QED) is 0.792. The van der Waals surface area contributed by atoms with Gasteiger partial charge < -0.3 is 10.2 Å². The predicted octanol–water partition coefficient (Wildman–Crippen LogP) is 4.48. The molecule has 0 saturated heterocycles. The second kappa shape index (κ2) is 7.56. The van der Waals surface area contributed by atoms with Crippen LogP contribution in [0.3, 0.4) is 0 Å². The Labute approximate surface area is 170 Å². The molecule has 0 fully saturated rings. The van der Waals surface area contributed by atoms with Gasteiger partial charge in [0, 0.05) is 22.8 Å². The summed E-state index contributed by atoms with van der Waals surface area (Å²) in [6, 6.07) is 9.88. The van der Waals surface area contributed by atoms with Gasteiger partial charge in [0.25, 0.3) is 15.9 Å². The van der Waals surface area contributed by atoms with Gasteiger partial charge in [-0.25, -0.2) is 0 Å². The van der Waals surface area contributed by atoms with Crippen LogP contribution in [0, 0.1) is 12.8 Å². The zero-order chi connectivity index (χ0) is 20.6. The minimum absolute atomic E-state index is 0.0363. The van der Waals surface area contributed by atoms with Gasteiger partial charge in [-0.2, -0.15) is 8.42 Å². The summed E-state index contributed by atoms with van der Waals surface area (Å²) in [7, 11) is -3.86. The molecule has 0 bridgehead atoms. The minimum Gasteiger partial charge on any atom is -0.328 e. The van der Waals surface area contributed by atoms with Crippen molar-refractivity contribution in [3.8, 4) is 0 Å². The molecule has 6 nitrogen and oxygen atoms in total. The number of nitrogens with one attached hydrogen (secondary N) is 1. The molecule has 1 N–H and O–H groups in total. The summed E-state index contributed by atoms with van der Waals surface area (Å²) in [5.41, 5.74) is 2.09. The summed E-state index contributed by atoms with van der Waals surface area (Å²) in [4.78, 5) is 14.6. The average Bonchev–Trinajstić information content (AvgIpc) is 2.61. The van der Waals surface area contributed by atoms with Gasteiger partial charge in [-0.05, 0) is 55.7 Å². The van der Waals surface area contributed by atoms with Crippen LogP contribution in [0.4, 0.5) is 11.4 Å². The Morgan fingerprint density at radius 2 is 1.93 bits per heavy atom. The molecule has 28 heavy (non-hydrogen) atoms. The average molecular weight is 420 g/mol. The van der Waals surface area contributed by atoms with E-state index in [0.717, 1.165) is 5.56 Å². The normalized spacial score (nSPS) is 15.2. The molecule has 3 rings (SSSR count). The van der Waals surface area contributed by atoms with Gasteiger partial charge in [0.05, 0.1) is 5.69 Å². The van der Waals surface area contributed by atoms with Crippen LogP contribution in [0.1, 0.15) is 36.7 Å². The van der Waals surface area contributed by atoms with Crippen LogP contribution in [-0.2, 0) is 10.0 Å². The van der Waals surface area contributed by atoms with Gasteiger partial charge in [-0.1, -0.05) is 31.5 Å². The Balaban J connectivity index is 1.99. The third-order valence-corrected chi connectivity index (χ3v) is 6.29. The highest BCUT2D eigenvalue weighted by atomic mass is 35.5. The number of anilines is 2. The third kappa shape index (κ3) is 3.91. The summed E-state index contributed by atoms with van der Waals surface area (Å²) in [5, 5.41) is 3.33. The summed E-state index contributed by atoms with van der Waals surface area (Å²) >= 11 is 6.10. The van der Waals surface area contributed by atoms with Gasteiger partial charge in [0.1, 0.15) is 10.7 Å². The molecule has 0 unspecified atom stereocenters. The number of sulfonamides is 1. The number of halogens is 1. The lowest BCUT2D eigenvalue weighted by Crippen LogP contribution is -2.36. The van der Waals surface area contributed by atoms with Crippen molar-refractivity contribution in [1.82, 2.24) is 0 Å². The van der Waals surface area contributed by atoms with Crippen LogP contribution in [0.2, 0.25) is 5.02 Å². The molecular formula is C20H22ClN3O3S. The van der Waals surface area contributed by atoms with Crippen LogP contribution >= 0.6 is 11.6 Å². The first kappa shape index (κ1) is 20.4. The molecule has 0 atom stereocenters. The molecule has 0 aromatic heterocycles. The van der Waals surface area contributed by atoms with E-state index in [4.69, 9.17) is 11.6 Å². The van der Waals surface area contributed by atoms with Crippen molar-refractivity contribution in [2.75, 3.05) is 16.8 Å². The van der Waals surface area contributed by atoms with Crippen molar-refractivity contribution in [2.45, 2.75) is 32.6 Å². The second-order valence-electron chi connectivity index (χ2n) is 7.17. The molecular weight excluding hydrogens is 398 g/mol. The number of benzene rings is 2. The predicted molar refractivity (Wildman–Crippen MR) is 113 cm³/mol. The van der Waals surface area contributed by atoms with E-state index in [1.54, 1.807) is 44.2 Å². The number of nitrogens with zero attached hydrogens (tertiary/aromatic N) is 2. The van der Waals surface area contributed by atoms with Gasteiger partial charge in [-0.3, -0.25) is 4.79 Å². The zero-order valence-corrected chi connectivity index (χ0v) is 17.7. The lowest BCUT2D eigenvalue weighted by molar-refractivity contribution is 0.102. The number of fused-ring (bicyclic) bond motifs is 1.